The minimum Gasteiger partial charge on any atom is -0.483 e. The Hall–Kier alpha value is -2.05. The number of ether oxygens (including phenoxy) is 1. The molecule has 0 aromatic heterocycles. The van der Waals surface area contributed by atoms with Crippen LogP contribution in [0, 0.1) is 0 Å². The zero-order chi connectivity index (χ0) is 21.4. The summed E-state index contributed by atoms with van der Waals surface area (Å²) in [6.45, 7) is 5.81. The number of halogens is 2. The average Bonchev–Trinajstić information content (AvgIpc) is 2.71. The van der Waals surface area contributed by atoms with Gasteiger partial charge in [-0.15, -0.1) is 0 Å². The Balaban J connectivity index is 2.14. The van der Waals surface area contributed by atoms with Gasteiger partial charge in [0.1, 0.15) is 11.8 Å². The summed E-state index contributed by atoms with van der Waals surface area (Å²) < 4.78 is 6.34. The second-order valence-corrected chi connectivity index (χ2v) is 8.16. The molecule has 0 aliphatic rings. The molecule has 0 saturated carbocycles. The number of carbonyl (C=O) groups excluding carboxylic acids is 2. The summed E-state index contributed by atoms with van der Waals surface area (Å²) in [6.07, 6.45) is 0.818. The maximum absolute atomic E-state index is 13.0. The smallest absolute Gasteiger partial charge is 0.261 e. The lowest BCUT2D eigenvalue weighted by molar-refractivity contribution is -0.142. The van der Waals surface area contributed by atoms with Crippen molar-refractivity contribution in [3.63, 3.8) is 0 Å². The molecule has 0 fully saturated rings. The number of carbonyl (C=O) groups is 2. The Bertz CT molecular complexity index is 832. The summed E-state index contributed by atoms with van der Waals surface area (Å²) in [6, 6.07) is 14.1. The fraction of sp³-hybridized carbons (Fsp3) is 0.364. The molecule has 2 aromatic carbocycles. The Morgan fingerprint density at radius 3 is 2.48 bits per heavy atom. The first kappa shape index (κ1) is 23.2. The first-order valence-corrected chi connectivity index (χ1v) is 10.7. The van der Waals surface area contributed by atoms with Crippen LogP contribution in [0.3, 0.4) is 0 Å². The molecule has 156 valence electrons. The fourth-order valence-corrected chi connectivity index (χ4v) is 3.44. The molecule has 2 aromatic rings. The lowest BCUT2D eigenvalue weighted by atomic mass is 10.1. The highest BCUT2D eigenvalue weighted by Gasteiger charge is 2.27. The molecule has 0 aliphatic carbocycles. The molecule has 0 radical (unpaired) electrons. The standard InChI is InChI=1S/C22H26BrClN2O3/c1-4-15(2)25-22(28)16(3)26(13-17-8-6-5-7-9-17)21(27)14-29-20-11-10-18(24)12-19(20)23/h5-12,15-16H,4,13-14H2,1-3H3,(H,25,28)/t15-,16+/m0/s1. The molecule has 2 atom stereocenters. The SMILES string of the molecule is CC[C@H](C)NC(=O)[C@@H](C)N(Cc1ccccc1)C(=O)COc1ccc(Cl)cc1Br. The molecule has 29 heavy (non-hydrogen) atoms. The minimum absolute atomic E-state index is 0.0416. The summed E-state index contributed by atoms with van der Waals surface area (Å²) in [4.78, 5) is 27.2. The van der Waals surface area contributed by atoms with Gasteiger partial charge in [0.25, 0.3) is 5.91 Å². The van der Waals surface area contributed by atoms with E-state index in [0.717, 1.165) is 12.0 Å². The Labute approximate surface area is 185 Å². The Morgan fingerprint density at radius 1 is 1.17 bits per heavy atom. The van der Waals surface area contributed by atoms with Gasteiger partial charge < -0.3 is 15.0 Å². The van der Waals surface area contributed by atoms with Gasteiger partial charge in [-0.1, -0.05) is 48.9 Å². The van der Waals surface area contributed by atoms with Crippen molar-refractivity contribution in [2.45, 2.75) is 45.8 Å². The average molecular weight is 482 g/mol. The molecular formula is C22H26BrClN2O3. The van der Waals surface area contributed by atoms with Gasteiger partial charge >= 0.3 is 0 Å². The van der Waals surface area contributed by atoms with Gasteiger partial charge in [-0.3, -0.25) is 9.59 Å². The highest BCUT2D eigenvalue weighted by molar-refractivity contribution is 9.10. The Morgan fingerprint density at radius 2 is 1.86 bits per heavy atom. The van der Waals surface area contributed by atoms with Gasteiger partial charge in [-0.2, -0.15) is 0 Å². The normalized spacial score (nSPS) is 12.7. The second-order valence-electron chi connectivity index (χ2n) is 6.86. The molecule has 0 bridgehead atoms. The number of amides is 2. The molecular weight excluding hydrogens is 456 g/mol. The first-order valence-electron chi connectivity index (χ1n) is 9.53. The third kappa shape index (κ3) is 7.05. The van der Waals surface area contributed by atoms with E-state index < -0.39 is 6.04 Å². The van der Waals surface area contributed by atoms with Crippen molar-refractivity contribution in [2.75, 3.05) is 6.61 Å². The third-order valence-electron chi connectivity index (χ3n) is 4.61. The van der Waals surface area contributed by atoms with E-state index in [-0.39, 0.29) is 24.5 Å². The summed E-state index contributed by atoms with van der Waals surface area (Å²) in [5.41, 5.74) is 0.941. The van der Waals surface area contributed by atoms with Crippen molar-refractivity contribution in [1.82, 2.24) is 10.2 Å². The highest BCUT2D eigenvalue weighted by Crippen LogP contribution is 2.28. The zero-order valence-corrected chi connectivity index (χ0v) is 19.2. The van der Waals surface area contributed by atoms with Crippen molar-refractivity contribution in [3.8, 4) is 5.75 Å². The summed E-state index contributed by atoms with van der Waals surface area (Å²) >= 11 is 9.32. The maximum Gasteiger partial charge on any atom is 0.261 e. The van der Waals surface area contributed by atoms with Crippen LogP contribution in [0.2, 0.25) is 5.02 Å². The highest BCUT2D eigenvalue weighted by atomic mass is 79.9. The van der Waals surface area contributed by atoms with E-state index >= 15 is 0 Å². The third-order valence-corrected chi connectivity index (χ3v) is 5.46. The lowest BCUT2D eigenvalue weighted by Gasteiger charge is -2.29. The van der Waals surface area contributed by atoms with Crippen LogP contribution in [0.25, 0.3) is 0 Å². The molecule has 5 nitrogen and oxygen atoms in total. The van der Waals surface area contributed by atoms with E-state index in [2.05, 4.69) is 21.2 Å². The fourth-order valence-electron chi connectivity index (χ4n) is 2.64. The van der Waals surface area contributed by atoms with E-state index in [9.17, 15) is 9.59 Å². The van der Waals surface area contributed by atoms with E-state index in [1.54, 1.807) is 25.1 Å². The number of nitrogens with one attached hydrogen (secondary N) is 1. The lowest BCUT2D eigenvalue weighted by Crippen LogP contribution is -2.50. The first-order chi connectivity index (χ1) is 13.8. The molecule has 2 amide bonds. The van der Waals surface area contributed by atoms with Gasteiger partial charge in [0.2, 0.25) is 5.91 Å². The summed E-state index contributed by atoms with van der Waals surface area (Å²) in [5, 5.41) is 3.51. The van der Waals surface area contributed by atoms with Gasteiger partial charge in [-0.05, 0) is 60.0 Å². The number of hydrogen-bond donors (Lipinski definition) is 1. The molecule has 0 spiro atoms. The predicted molar refractivity (Wildman–Crippen MR) is 119 cm³/mol. The monoisotopic (exact) mass is 480 g/mol. The molecule has 0 unspecified atom stereocenters. The summed E-state index contributed by atoms with van der Waals surface area (Å²) in [7, 11) is 0. The second kappa shape index (κ2) is 11.2. The predicted octanol–water partition coefficient (Wildman–Crippen LogP) is 4.81. The quantitative estimate of drug-likeness (QED) is 0.559. The molecule has 0 saturated heterocycles. The van der Waals surface area contributed by atoms with Gasteiger partial charge in [0.15, 0.2) is 6.61 Å². The van der Waals surface area contributed by atoms with Crippen LogP contribution in [0.15, 0.2) is 53.0 Å². The zero-order valence-electron chi connectivity index (χ0n) is 16.8. The summed E-state index contributed by atoms with van der Waals surface area (Å²) in [5.74, 6) is 0.0536. The van der Waals surface area contributed by atoms with Crippen molar-refractivity contribution in [2.24, 2.45) is 0 Å². The number of nitrogens with zero attached hydrogens (tertiary/aromatic N) is 1. The van der Waals surface area contributed by atoms with E-state index in [1.165, 1.54) is 4.90 Å². The van der Waals surface area contributed by atoms with Gasteiger partial charge in [0, 0.05) is 17.6 Å². The van der Waals surface area contributed by atoms with E-state index in [1.807, 2.05) is 44.2 Å². The van der Waals surface area contributed by atoms with Crippen LogP contribution in [-0.4, -0.2) is 35.4 Å². The van der Waals surface area contributed by atoms with Gasteiger partial charge in [-0.25, -0.2) is 0 Å². The van der Waals surface area contributed by atoms with Crippen LogP contribution in [-0.2, 0) is 16.1 Å². The molecule has 0 heterocycles. The molecule has 0 aliphatic heterocycles. The van der Waals surface area contributed by atoms with E-state index in [0.29, 0.717) is 21.8 Å². The molecule has 7 heteroatoms. The topological polar surface area (TPSA) is 58.6 Å². The maximum atomic E-state index is 13.0. The van der Waals surface area contributed by atoms with Crippen molar-refractivity contribution < 1.29 is 14.3 Å². The van der Waals surface area contributed by atoms with Crippen molar-refractivity contribution >= 4 is 39.3 Å². The van der Waals surface area contributed by atoms with Crippen molar-refractivity contribution in [3.05, 3.63) is 63.6 Å². The van der Waals surface area contributed by atoms with Crippen LogP contribution >= 0.6 is 27.5 Å². The molecule has 2 rings (SSSR count). The number of hydrogen-bond acceptors (Lipinski definition) is 3. The molecule has 1 N–H and O–H groups in total. The minimum atomic E-state index is -0.631. The van der Waals surface area contributed by atoms with Crippen LogP contribution in [0.1, 0.15) is 32.8 Å². The number of rotatable bonds is 9. The largest absolute Gasteiger partial charge is 0.483 e. The van der Waals surface area contributed by atoms with Crippen LogP contribution in [0.4, 0.5) is 0 Å². The van der Waals surface area contributed by atoms with Gasteiger partial charge in [0.05, 0.1) is 4.47 Å². The van der Waals surface area contributed by atoms with Crippen LogP contribution < -0.4 is 10.1 Å². The number of benzene rings is 2. The van der Waals surface area contributed by atoms with Crippen LogP contribution in [0.5, 0.6) is 5.75 Å². The van der Waals surface area contributed by atoms with Crippen molar-refractivity contribution in [1.29, 1.82) is 0 Å². The Kier molecular flexibility index (Phi) is 8.99. The van der Waals surface area contributed by atoms with E-state index in [4.69, 9.17) is 16.3 Å².